The van der Waals surface area contributed by atoms with Crippen LogP contribution in [0.1, 0.15) is 50.8 Å². The van der Waals surface area contributed by atoms with E-state index in [4.69, 9.17) is 16.3 Å². The molecule has 9 heteroatoms. The second-order valence-corrected chi connectivity index (χ2v) is 9.51. The number of anilines is 1. The molecule has 0 saturated carbocycles. The molecule has 1 aliphatic heterocycles. The molecular weight excluding hydrogens is 429 g/mol. The van der Waals surface area contributed by atoms with E-state index in [0.29, 0.717) is 18.2 Å². The Kier molecular flexibility index (Phi) is 6.98. The summed E-state index contributed by atoms with van der Waals surface area (Å²) >= 11 is 7.31. The molecule has 1 N–H and O–H groups in total. The predicted molar refractivity (Wildman–Crippen MR) is 116 cm³/mol. The minimum Gasteiger partial charge on any atom is -0.444 e. The molecule has 0 unspecified atom stereocenters. The van der Waals surface area contributed by atoms with Crippen LogP contribution >= 0.6 is 22.9 Å². The van der Waals surface area contributed by atoms with Gasteiger partial charge < -0.3 is 15.0 Å². The zero-order valence-corrected chi connectivity index (χ0v) is 18.8. The number of thiazole rings is 1. The van der Waals surface area contributed by atoms with Crippen molar-refractivity contribution in [2.75, 3.05) is 18.4 Å². The fourth-order valence-corrected chi connectivity index (χ4v) is 4.28. The molecule has 2 aromatic rings. The lowest BCUT2D eigenvalue weighted by Crippen LogP contribution is -2.41. The number of aromatic nitrogens is 1. The Bertz CT molecular complexity index is 900. The molecule has 0 bridgehead atoms. The number of hydrogen-bond acceptors (Lipinski definition) is 5. The van der Waals surface area contributed by atoms with Crippen LogP contribution in [-0.4, -0.2) is 40.6 Å². The number of rotatable bonds is 4. The molecule has 30 heavy (non-hydrogen) atoms. The smallest absolute Gasteiger partial charge is 0.410 e. The lowest BCUT2D eigenvalue weighted by Gasteiger charge is -2.32. The number of carbonyl (C=O) groups is 2. The van der Waals surface area contributed by atoms with Crippen LogP contribution in [0.4, 0.5) is 14.3 Å². The summed E-state index contributed by atoms with van der Waals surface area (Å²) in [5, 5.41) is 5.33. The number of nitrogens with zero attached hydrogens (tertiary/aromatic N) is 2. The molecule has 3 rings (SSSR count). The minimum absolute atomic E-state index is 0.158. The first-order valence-electron chi connectivity index (χ1n) is 9.78. The van der Waals surface area contributed by atoms with Crippen LogP contribution in [0, 0.1) is 5.82 Å². The molecule has 2 amide bonds. The first-order chi connectivity index (χ1) is 14.1. The summed E-state index contributed by atoms with van der Waals surface area (Å²) < 4.78 is 19.3. The SMILES string of the molecule is CC(C)(C)OC(=O)N1CCC(c2csc(NC(=O)Cc3c(F)cccc3Cl)n2)CC1. The van der Waals surface area contributed by atoms with Crippen molar-refractivity contribution in [3.63, 3.8) is 0 Å². The number of carbonyl (C=O) groups excluding carboxylic acids is 2. The van der Waals surface area contributed by atoms with Gasteiger partial charge in [-0.15, -0.1) is 11.3 Å². The highest BCUT2D eigenvalue weighted by Gasteiger charge is 2.28. The fraction of sp³-hybridized carbons (Fsp3) is 0.476. The van der Waals surface area contributed by atoms with Gasteiger partial charge >= 0.3 is 6.09 Å². The van der Waals surface area contributed by atoms with Crippen molar-refractivity contribution in [2.45, 2.75) is 51.6 Å². The number of hydrogen-bond donors (Lipinski definition) is 1. The van der Waals surface area contributed by atoms with Gasteiger partial charge in [0, 0.05) is 35.0 Å². The predicted octanol–water partition coefficient (Wildman–Crippen LogP) is 5.23. The maximum absolute atomic E-state index is 13.9. The fourth-order valence-electron chi connectivity index (χ4n) is 3.24. The molecule has 1 saturated heterocycles. The van der Waals surface area contributed by atoms with Gasteiger partial charge in [0.05, 0.1) is 12.1 Å². The van der Waals surface area contributed by atoms with Crippen molar-refractivity contribution in [2.24, 2.45) is 0 Å². The van der Waals surface area contributed by atoms with Gasteiger partial charge in [0.2, 0.25) is 5.91 Å². The van der Waals surface area contributed by atoms with Crippen LogP contribution in [-0.2, 0) is 16.0 Å². The summed E-state index contributed by atoms with van der Waals surface area (Å²) in [5.41, 5.74) is 0.550. The van der Waals surface area contributed by atoms with Crippen LogP contribution in [0.15, 0.2) is 23.6 Å². The largest absolute Gasteiger partial charge is 0.444 e. The van der Waals surface area contributed by atoms with E-state index in [1.807, 2.05) is 26.2 Å². The number of nitrogens with one attached hydrogen (secondary N) is 1. The number of piperidine rings is 1. The molecule has 1 fully saturated rings. The topological polar surface area (TPSA) is 71.5 Å². The molecule has 162 valence electrons. The van der Waals surface area contributed by atoms with Crippen LogP contribution in [0.2, 0.25) is 5.02 Å². The first kappa shape index (κ1) is 22.5. The summed E-state index contributed by atoms with van der Waals surface area (Å²) in [4.78, 5) is 30.7. The summed E-state index contributed by atoms with van der Waals surface area (Å²) in [6.07, 6.45) is 1.11. The molecule has 2 heterocycles. The van der Waals surface area contributed by atoms with Gasteiger partial charge in [-0.25, -0.2) is 14.2 Å². The van der Waals surface area contributed by atoms with Crippen molar-refractivity contribution in [3.05, 3.63) is 45.7 Å². The standard InChI is InChI=1S/C21H25ClFN3O3S/c1-21(2,3)29-20(28)26-9-7-13(8-10-26)17-12-30-19(24-17)25-18(27)11-14-15(22)5-4-6-16(14)23/h4-6,12-13H,7-11H2,1-3H3,(H,24,25,27). The third-order valence-electron chi connectivity index (χ3n) is 4.73. The quantitative estimate of drug-likeness (QED) is 0.687. The van der Waals surface area contributed by atoms with Crippen molar-refractivity contribution < 1.29 is 18.7 Å². The number of likely N-dealkylation sites (tertiary alicyclic amines) is 1. The maximum atomic E-state index is 13.9. The highest BCUT2D eigenvalue weighted by molar-refractivity contribution is 7.13. The first-order valence-corrected chi connectivity index (χ1v) is 11.0. The van der Waals surface area contributed by atoms with Crippen LogP contribution in [0.5, 0.6) is 0 Å². The Balaban J connectivity index is 1.53. The van der Waals surface area contributed by atoms with Crippen molar-refractivity contribution >= 4 is 40.1 Å². The van der Waals surface area contributed by atoms with Gasteiger partial charge in [-0.2, -0.15) is 0 Å². The summed E-state index contributed by atoms with van der Waals surface area (Å²) in [5.74, 6) is -0.663. The van der Waals surface area contributed by atoms with E-state index < -0.39 is 11.4 Å². The monoisotopic (exact) mass is 453 g/mol. The Labute approximate surface area is 184 Å². The molecule has 1 aliphatic rings. The van der Waals surface area contributed by atoms with Crippen molar-refractivity contribution in [3.8, 4) is 0 Å². The molecule has 1 aromatic carbocycles. The number of amides is 2. The second kappa shape index (κ2) is 9.31. The molecule has 0 atom stereocenters. The highest BCUT2D eigenvalue weighted by atomic mass is 35.5. The zero-order valence-electron chi connectivity index (χ0n) is 17.2. The van der Waals surface area contributed by atoms with Gasteiger partial charge in [-0.05, 0) is 45.7 Å². The van der Waals surface area contributed by atoms with Gasteiger partial charge in [0.1, 0.15) is 11.4 Å². The van der Waals surface area contributed by atoms with E-state index in [-0.39, 0.29) is 34.9 Å². The lowest BCUT2D eigenvalue weighted by atomic mass is 9.94. The van der Waals surface area contributed by atoms with Gasteiger partial charge in [-0.1, -0.05) is 17.7 Å². The molecule has 0 radical (unpaired) electrons. The third kappa shape index (κ3) is 5.92. The summed E-state index contributed by atoms with van der Waals surface area (Å²) in [7, 11) is 0. The Morgan fingerprint density at radius 3 is 2.67 bits per heavy atom. The highest BCUT2D eigenvalue weighted by Crippen LogP contribution is 2.31. The Hall–Kier alpha value is -2.19. The Morgan fingerprint density at radius 2 is 2.03 bits per heavy atom. The van der Waals surface area contributed by atoms with E-state index in [1.54, 1.807) is 11.0 Å². The summed E-state index contributed by atoms with van der Waals surface area (Å²) in [6, 6.07) is 4.33. The van der Waals surface area contributed by atoms with Crippen LogP contribution < -0.4 is 5.32 Å². The van der Waals surface area contributed by atoms with E-state index >= 15 is 0 Å². The van der Waals surface area contributed by atoms with Crippen molar-refractivity contribution in [1.82, 2.24) is 9.88 Å². The minimum atomic E-state index is -0.511. The van der Waals surface area contributed by atoms with Crippen LogP contribution in [0.25, 0.3) is 0 Å². The Morgan fingerprint density at radius 1 is 1.33 bits per heavy atom. The average molecular weight is 454 g/mol. The van der Waals surface area contributed by atoms with E-state index in [9.17, 15) is 14.0 Å². The van der Waals surface area contributed by atoms with E-state index in [2.05, 4.69) is 10.3 Å². The summed E-state index contributed by atoms with van der Waals surface area (Å²) in [6.45, 7) is 6.75. The molecule has 0 spiro atoms. The van der Waals surface area contributed by atoms with Gasteiger partial charge in [0.15, 0.2) is 5.13 Å². The second-order valence-electron chi connectivity index (χ2n) is 8.24. The van der Waals surface area contributed by atoms with Gasteiger partial charge in [-0.3, -0.25) is 4.79 Å². The lowest BCUT2D eigenvalue weighted by molar-refractivity contribution is -0.115. The van der Waals surface area contributed by atoms with E-state index in [0.717, 1.165) is 18.5 Å². The third-order valence-corrected chi connectivity index (χ3v) is 5.86. The molecule has 6 nitrogen and oxygen atoms in total. The molecule has 0 aliphatic carbocycles. The maximum Gasteiger partial charge on any atom is 0.410 e. The molecule has 1 aromatic heterocycles. The zero-order chi connectivity index (χ0) is 21.9. The van der Waals surface area contributed by atoms with Crippen LogP contribution in [0.3, 0.4) is 0 Å². The molecular formula is C21H25ClFN3O3S. The van der Waals surface area contributed by atoms with Crippen molar-refractivity contribution in [1.29, 1.82) is 0 Å². The average Bonchev–Trinajstić information content (AvgIpc) is 3.12. The van der Waals surface area contributed by atoms with Gasteiger partial charge in [0.25, 0.3) is 0 Å². The normalized spacial score (nSPS) is 15.2. The number of halogens is 2. The number of benzene rings is 1. The number of ether oxygens (including phenoxy) is 1. The van der Waals surface area contributed by atoms with E-state index in [1.165, 1.54) is 23.5 Å².